The number of nitrogens with zero attached hydrogens (tertiary/aromatic N) is 2. The Kier molecular flexibility index (Phi) is 14.8. The molecule has 1 heterocycles. The summed E-state index contributed by atoms with van der Waals surface area (Å²) in [6, 6.07) is 10.2. The highest BCUT2D eigenvalue weighted by molar-refractivity contribution is 6.03. The lowest BCUT2D eigenvalue weighted by Gasteiger charge is -2.60. The predicted octanol–water partition coefficient (Wildman–Crippen LogP) is 5.81. The van der Waals surface area contributed by atoms with Crippen molar-refractivity contribution in [2.45, 2.75) is 75.5 Å². The number of rotatable bonds is 23. The van der Waals surface area contributed by atoms with Crippen LogP contribution in [0.15, 0.2) is 65.9 Å². The summed E-state index contributed by atoms with van der Waals surface area (Å²) in [5, 5.41) is 33.8. The van der Waals surface area contributed by atoms with Gasteiger partial charge in [-0.25, -0.2) is 0 Å². The van der Waals surface area contributed by atoms with Gasteiger partial charge in [-0.15, -0.1) is 6.58 Å². The first-order valence-electron chi connectivity index (χ1n) is 20.3. The monoisotopic (exact) mass is 790 g/mol. The summed E-state index contributed by atoms with van der Waals surface area (Å²) < 4.78 is 31.8. The number of oxime groups is 1. The number of methoxy groups -OCH3 is 1. The highest BCUT2D eigenvalue weighted by Crippen LogP contribution is 2.62. The number of aliphatic hydroxyl groups is 3. The third-order valence-corrected chi connectivity index (χ3v) is 11.7. The van der Waals surface area contributed by atoms with Gasteiger partial charge in [-0.05, 0) is 92.3 Å². The van der Waals surface area contributed by atoms with Crippen LogP contribution in [0.5, 0.6) is 23.0 Å². The van der Waals surface area contributed by atoms with E-state index >= 15 is 0 Å². The van der Waals surface area contributed by atoms with Crippen molar-refractivity contribution in [3.63, 3.8) is 0 Å². The molecule has 13 nitrogen and oxygen atoms in total. The number of hydrogen-bond acceptors (Lipinski definition) is 12. The number of aldehydes is 1. The molecule has 0 radical (unpaired) electrons. The Bertz CT molecular complexity index is 1760. The van der Waals surface area contributed by atoms with Crippen LogP contribution >= 0.6 is 0 Å². The Morgan fingerprint density at radius 3 is 2.44 bits per heavy atom. The van der Waals surface area contributed by atoms with Gasteiger partial charge in [-0.1, -0.05) is 30.1 Å². The molecule has 3 aliphatic carbocycles. The number of allylic oxidation sites excluding steroid dienone is 1. The summed E-state index contributed by atoms with van der Waals surface area (Å²) in [7, 11) is 3.04. The Morgan fingerprint density at radius 1 is 1.00 bits per heavy atom. The molecule has 6 atom stereocenters. The van der Waals surface area contributed by atoms with Crippen LogP contribution in [-0.4, -0.2) is 110 Å². The molecular formula is C44H58N2O11. The highest BCUT2D eigenvalue weighted by atomic mass is 16.7. The molecule has 0 aromatic heterocycles. The lowest BCUT2D eigenvalue weighted by atomic mass is 9.55. The minimum Gasteiger partial charge on any atom is -0.496 e. The molecule has 2 aromatic carbocycles. The molecule has 0 bridgehead atoms. The second-order valence-corrected chi connectivity index (χ2v) is 15.2. The van der Waals surface area contributed by atoms with E-state index in [1.165, 1.54) is 14.2 Å². The Hall–Kier alpha value is -4.27. The van der Waals surface area contributed by atoms with Gasteiger partial charge in [0.05, 0.1) is 50.7 Å². The minimum atomic E-state index is -1.38. The van der Waals surface area contributed by atoms with E-state index in [1.807, 2.05) is 23.1 Å². The average molecular weight is 791 g/mol. The van der Waals surface area contributed by atoms with Crippen LogP contribution in [0.4, 0.5) is 0 Å². The van der Waals surface area contributed by atoms with Crippen LogP contribution in [-0.2, 0) is 19.1 Å². The standard InChI is InChI=1S/C44H58N2O11/c1-4-21-55-44-40(46(17-22-54-23-20-49)43(51)29-11-12-29)27-37(45-53-3)35-25-30(9-5-7-18-47)34(10-6-8-19-48)41(42(35)44)36-26-33(14-16-39(36)57-44)56-32-13-15-38(52-2)31(24-32)28-50/h4,13-16,24-26,28-30,34,40-42,47-49H,1,5-12,17-23,27H2,2-3H3/t30-,34+,40-,41+,42+,44+/m0/s1. The van der Waals surface area contributed by atoms with Gasteiger partial charge in [0.15, 0.2) is 6.29 Å². The average Bonchev–Trinajstić information content (AvgIpc) is 4.08. The lowest BCUT2D eigenvalue weighted by Crippen LogP contribution is -2.70. The first-order chi connectivity index (χ1) is 27.9. The Labute approximate surface area is 335 Å². The van der Waals surface area contributed by atoms with E-state index in [-0.39, 0.29) is 75.8 Å². The number of hydrogen-bond donors (Lipinski definition) is 3. The molecule has 2 aromatic rings. The van der Waals surface area contributed by atoms with E-state index in [1.54, 1.807) is 24.3 Å². The van der Waals surface area contributed by atoms with Crippen molar-refractivity contribution in [2.75, 3.05) is 60.4 Å². The van der Waals surface area contributed by atoms with Gasteiger partial charge in [0.1, 0.15) is 36.1 Å². The molecule has 2 fully saturated rings. The fourth-order valence-corrected chi connectivity index (χ4v) is 9.14. The zero-order chi connectivity index (χ0) is 40.4. The summed E-state index contributed by atoms with van der Waals surface area (Å²) in [5.41, 5.74) is 2.92. The van der Waals surface area contributed by atoms with Gasteiger partial charge in [0.2, 0.25) is 11.7 Å². The number of amides is 1. The summed E-state index contributed by atoms with van der Waals surface area (Å²) in [6.07, 6.45) is 11.1. The van der Waals surface area contributed by atoms with Crippen molar-refractivity contribution in [3.05, 3.63) is 71.8 Å². The van der Waals surface area contributed by atoms with Crippen molar-refractivity contribution in [3.8, 4) is 23.0 Å². The van der Waals surface area contributed by atoms with Gasteiger partial charge in [0.25, 0.3) is 0 Å². The molecule has 1 amide bonds. The second kappa shape index (κ2) is 19.9. The van der Waals surface area contributed by atoms with Crippen LogP contribution in [0.25, 0.3) is 0 Å². The maximum absolute atomic E-state index is 14.4. The maximum Gasteiger partial charge on any atom is 0.239 e. The largest absolute Gasteiger partial charge is 0.496 e. The maximum atomic E-state index is 14.4. The highest BCUT2D eigenvalue weighted by Gasteiger charge is 2.65. The second-order valence-electron chi connectivity index (χ2n) is 15.2. The van der Waals surface area contributed by atoms with Gasteiger partial charge < -0.3 is 48.7 Å². The van der Waals surface area contributed by atoms with Crippen molar-refractivity contribution in [1.29, 1.82) is 0 Å². The normalized spacial score (nSPS) is 25.4. The summed E-state index contributed by atoms with van der Waals surface area (Å²) >= 11 is 0. The van der Waals surface area contributed by atoms with Crippen molar-refractivity contribution in [2.24, 2.45) is 28.8 Å². The number of benzene rings is 2. The van der Waals surface area contributed by atoms with E-state index < -0.39 is 17.7 Å². The van der Waals surface area contributed by atoms with E-state index in [0.29, 0.717) is 53.5 Å². The fourth-order valence-electron chi connectivity index (χ4n) is 9.14. The zero-order valence-electron chi connectivity index (χ0n) is 33.2. The molecule has 4 aliphatic rings. The smallest absolute Gasteiger partial charge is 0.239 e. The van der Waals surface area contributed by atoms with E-state index in [9.17, 15) is 24.9 Å². The third-order valence-electron chi connectivity index (χ3n) is 11.7. The van der Waals surface area contributed by atoms with Crippen molar-refractivity contribution < 1.29 is 53.4 Å². The van der Waals surface area contributed by atoms with Crippen molar-refractivity contribution >= 4 is 17.9 Å². The third kappa shape index (κ3) is 9.23. The minimum absolute atomic E-state index is 0.000520. The fraction of sp³-hybridized carbons (Fsp3) is 0.568. The van der Waals surface area contributed by atoms with Gasteiger partial charge in [-0.2, -0.15) is 0 Å². The molecule has 0 saturated heterocycles. The van der Waals surface area contributed by atoms with Crippen molar-refractivity contribution in [1.82, 2.24) is 4.90 Å². The van der Waals surface area contributed by atoms with E-state index in [2.05, 4.69) is 17.8 Å². The molecule has 1 aliphatic heterocycles. The molecule has 57 heavy (non-hydrogen) atoms. The summed E-state index contributed by atoms with van der Waals surface area (Å²) in [5.74, 6) is -0.00678. The zero-order valence-corrected chi connectivity index (χ0v) is 33.2. The first-order valence-corrected chi connectivity index (χ1v) is 20.3. The SMILES string of the molecule is C=CCO[C@@]12Oc3ccc(Oc4ccc(OC)c(C=O)c4)cc3[C@H]3[C@H](CCCCO)[C@@H](CCCCO)C=C(C(=NOC)C[C@@H]1N(CCOCCO)C(=O)C1CC1)[C@H]32. The Balaban J connectivity index is 1.55. The Morgan fingerprint density at radius 2 is 1.75 bits per heavy atom. The summed E-state index contributed by atoms with van der Waals surface area (Å²) in [4.78, 5) is 33.6. The van der Waals surface area contributed by atoms with Crippen LogP contribution in [0, 0.1) is 23.7 Å². The number of unbranched alkanes of at least 4 members (excludes halogenated alkanes) is 2. The molecule has 13 heteroatoms. The van der Waals surface area contributed by atoms with Gasteiger partial charge in [-0.3, -0.25) is 9.59 Å². The van der Waals surface area contributed by atoms with E-state index in [0.717, 1.165) is 55.9 Å². The quantitative estimate of drug-likeness (QED) is 0.0539. The summed E-state index contributed by atoms with van der Waals surface area (Å²) in [6.45, 7) is 4.81. The number of carbonyl (C=O) groups excluding carboxylic acids is 2. The molecule has 310 valence electrons. The molecule has 2 saturated carbocycles. The van der Waals surface area contributed by atoms with Gasteiger partial charge >= 0.3 is 0 Å². The van der Waals surface area contributed by atoms with E-state index in [4.69, 9.17) is 28.5 Å². The molecule has 0 spiro atoms. The van der Waals surface area contributed by atoms with Gasteiger partial charge in [0, 0.05) is 43.6 Å². The van der Waals surface area contributed by atoms with Crippen LogP contribution in [0.2, 0.25) is 0 Å². The number of fused-ring (bicyclic) bond motifs is 2. The first kappa shape index (κ1) is 42.3. The lowest BCUT2D eigenvalue weighted by molar-refractivity contribution is -0.258. The molecule has 6 rings (SSSR count). The number of carbonyl (C=O) groups is 2. The number of ether oxygens (including phenoxy) is 5. The molecule has 0 unspecified atom stereocenters. The predicted molar refractivity (Wildman–Crippen MR) is 213 cm³/mol. The number of aliphatic hydroxyl groups excluding tert-OH is 3. The molecular weight excluding hydrogens is 732 g/mol. The van der Waals surface area contributed by atoms with Crippen LogP contribution in [0.1, 0.15) is 79.6 Å². The topological polar surface area (TPSA) is 166 Å². The van der Waals surface area contributed by atoms with Crippen LogP contribution in [0.3, 0.4) is 0 Å². The molecule has 3 N–H and O–H groups in total. The van der Waals surface area contributed by atoms with Crippen LogP contribution < -0.4 is 14.2 Å².